The predicted octanol–water partition coefficient (Wildman–Crippen LogP) is 3.54. The molecule has 0 aliphatic carbocycles. The van der Waals surface area contributed by atoms with E-state index in [1.807, 2.05) is 13.1 Å². The SMILES string of the molecule is CCc1cnc(C(C)NC(=O)c2ccc(Br)c(N)c2)s1. The van der Waals surface area contributed by atoms with Gasteiger partial charge in [-0.2, -0.15) is 0 Å². The average molecular weight is 354 g/mol. The van der Waals surface area contributed by atoms with Gasteiger partial charge in [0.15, 0.2) is 0 Å². The number of rotatable bonds is 4. The second-order valence-electron chi connectivity index (χ2n) is 4.45. The third-order valence-corrected chi connectivity index (χ3v) is 4.94. The quantitative estimate of drug-likeness (QED) is 0.826. The zero-order valence-electron chi connectivity index (χ0n) is 11.3. The number of benzene rings is 1. The Balaban J connectivity index is 2.08. The molecular weight excluding hydrogens is 338 g/mol. The summed E-state index contributed by atoms with van der Waals surface area (Å²) in [4.78, 5) is 17.7. The van der Waals surface area contributed by atoms with Gasteiger partial charge < -0.3 is 11.1 Å². The van der Waals surface area contributed by atoms with Gasteiger partial charge in [-0.05, 0) is 47.5 Å². The molecule has 0 aliphatic heterocycles. The van der Waals surface area contributed by atoms with Gasteiger partial charge in [0.2, 0.25) is 0 Å². The highest BCUT2D eigenvalue weighted by Crippen LogP contribution is 2.22. The lowest BCUT2D eigenvalue weighted by Gasteiger charge is -2.11. The molecule has 106 valence electrons. The van der Waals surface area contributed by atoms with Crippen molar-refractivity contribution in [1.29, 1.82) is 0 Å². The van der Waals surface area contributed by atoms with Crippen LogP contribution in [0.1, 0.15) is 40.1 Å². The number of hydrogen-bond donors (Lipinski definition) is 2. The van der Waals surface area contributed by atoms with Crippen molar-refractivity contribution in [3.05, 3.63) is 44.3 Å². The Morgan fingerprint density at radius 3 is 2.90 bits per heavy atom. The molecule has 0 radical (unpaired) electrons. The lowest BCUT2D eigenvalue weighted by atomic mass is 10.2. The number of thiazole rings is 1. The molecule has 2 aromatic rings. The normalized spacial score (nSPS) is 12.2. The van der Waals surface area contributed by atoms with E-state index in [4.69, 9.17) is 5.73 Å². The molecule has 3 N–H and O–H groups in total. The summed E-state index contributed by atoms with van der Waals surface area (Å²) in [5.74, 6) is -0.148. The largest absolute Gasteiger partial charge is 0.398 e. The molecule has 1 atom stereocenters. The first-order valence-corrected chi connectivity index (χ1v) is 7.92. The average Bonchev–Trinajstić information content (AvgIpc) is 2.90. The fourth-order valence-corrected chi connectivity index (χ4v) is 2.82. The number of aryl methyl sites for hydroxylation is 1. The van der Waals surface area contributed by atoms with Crippen LogP contribution >= 0.6 is 27.3 Å². The van der Waals surface area contributed by atoms with Gasteiger partial charge in [-0.25, -0.2) is 4.98 Å². The molecule has 4 nitrogen and oxygen atoms in total. The molecule has 0 saturated carbocycles. The number of hydrogen-bond acceptors (Lipinski definition) is 4. The minimum absolute atomic E-state index is 0.113. The van der Waals surface area contributed by atoms with E-state index in [0.29, 0.717) is 11.3 Å². The van der Waals surface area contributed by atoms with E-state index in [1.165, 1.54) is 4.88 Å². The zero-order chi connectivity index (χ0) is 14.7. The van der Waals surface area contributed by atoms with Crippen molar-refractivity contribution >= 4 is 38.9 Å². The molecule has 1 unspecified atom stereocenters. The molecule has 6 heteroatoms. The molecule has 0 fully saturated rings. The molecule has 1 aromatic carbocycles. The third-order valence-electron chi connectivity index (χ3n) is 2.90. The summed E-state index contributed by atoms with van der Waals surface area (Å²) in [6.07, 6.45) is 2.82. The maximum absolute atomic E-state index is 12.2. The highest BCUT2D eigenvalue weighted by Gasteiger charge is 2.15. The number of nitrogens with zero attached hydrogens (tertiary/aromatic N) is 1. The summed E-state index contributed by atoms with van der Waals surface area (Å²) < 4.78 is 0.787. The van der Waals surface area contributed by atoms with Gasteiger partial charge in [-0.15, -0.1) is 11.3 Å². The minimum Gasteiger partial charge on any atom is -0.398 e. The summed E-state index contributed by atoms with van der Waals surface area (Å²) in [7, 11) is 0. The first-order chi connectivity index (χ1) is 9.51. The molecule has 20 heavy (non-hydrogen) atoms. The van der Waals surface area contributed by atoms with Crippen molar-refractivity contribution in [2.45, 2.75) is 26.3 Å². The second kappa shape index (κ2) is 6.37. The van der Waals surface area contributed by atoms with Gasteiger partial charge >= 0.3 is 0 Å². The standard InChI is InChI=1S/C14H16BrN3OS/c1-3-10-7-17-14(20-10)8(2)18-13(19)9-4-5-11(15)12(16)6-9/h4-8H,3,16H2,1-2H3,(H,18,19). The maximum Gasteiger partial charge on any atom is 0.251 e. The van der Waals surface area contributed by atoms with Crippen LogP contribution in [0, 0.1) is 0 Å². The van der Waals surface area contributed by atoms with Crippen LogP contribution in [0.3, 0.4) is 0 Å². The van der Waals surface area contributed by atoms with Crippen LogP contribution in [0.2, 0.25) is 0 Å². The van der Waals surface area contributed by atoms with Gasteiger partial charge in [-0.3, -0.25) is 4.79 Å². The zero-order valence-corrected chi connectivity index (χ0v) is 13.7. The molecule has 2 rings (SSSR count). The number of halogens is 1. The summed E-state index contributed by atoms with van der Waals surface area (Å²) in [6.45, 7) is 4.02. The summed E-state index contributed by atoms with van der Waals surface area (Å²) >= 11 is 4.94. The van der Waals surface area contributed by atoms with E-state index in [9.17, 15) is 4.79 Å². The minimum atomic E-state index is -0.148. The summed E-state index contributed by atoms with van der Waals surface area (Å²) in [6, 6.07) is 5.05. The van der Waals surface area contributed by atoms with Crippen molar-refractivity contribution in [2.24, 2.45) is 0 Å². The molecule has 0 aliphatic rings. The summed E-state index contributed by atoms with van der Waals surface area (Å²) in [5, 5.41) is 3.85. The van der Waals surface area contributed by atoms with Crippen molar-refractivity contribution in [2.75, 3.05) is 5.73 Å². The summed E-state index contributed by atoms with van der Waals surface area (Å²) in [5.41, 5.74) is 6.88. The van der Waals surface area contributed by atoms with Crippen molar-refractivity contribution in [3.63, 3.8) is 0 Å². The van der Waals surface area contributed by atoms with Crippen LogP contribution in [0.4, 0.5) is 5.69 Å². The fraction of sp³-hybridized carbons (Fsp3) is 0.286. The van der Waals surface area contributed by atoms with Gasteiger partial charge in [-0.1, -0.05) is 6.92 Å². The van der Waals surface area contributed by atoms with Crippen LogP contribution < -0.4 is 11.1 Å². The van der Waals surface area contributed by atoms with Crippen molar-refractivity contribution in [1.82, 2.24) is 10.3 Å². The first-order valence-electron chi connectivity index (χ1n) is 6.31. The lowest BCUT2D eigenvalue weighted by molar-refractivity contribution is 0.0940. The van der Waals surface area contributed by atoms with Crippen LogP contribution in [-0.2, 0) is 6.42 Å². The Morgan fingerprint density at radius 2 is 2.30 bits per heavy atom. The van der Waals surface area contributed by atoms with Crippen LogP contribution in [0.5, 0.6) is 0 Å². The third kappa shape index (κ3) is 3.37. The maximum atomic E-state index is 12.2. The van der Waals surface area contributed by atoms with Crippen molar-refractivity contribution in [3.8, 4) is 0 Å². The smallest absolute Gasteiger partial charge is 0.251 e. The van der Waals surface area contributed by atoms with Crippen LogP contribution in [-0.4, -0.2) is 10.9 Å². The number of anilines is 1. The number of carbonyl (C=O) groups is 1. The fourth-order valence-electron chi connectivity index (χ4n) is 1.71. The Bertz CT molecular complexity index is 627. The Morgan fingerprint density at radius 1 is 1.55 bits per heavy atom. The van der Waals surface area contributed by atoms with Gasteiger partial charge in [0.1, 0.15) is 5.01 Å². The highest BCUT2D eigenvalue weighted by atomic mass is 79.9. The number of aromatic nitrogens is 1. The van der Waals surface area contributed by atoms with E-state index in [-0.39, 0.29) is 11.9 Å². The monoisotopic (exact) mass is 353 g/mol. The van der Waals surface area contributed by atoms with E-state index < -0.39 is 0 Å². The van der Waals surface area contributed by atoms with E-state index >= 15 is 0 Å². The number of nitrogen functional groups attached to an aromatic ring is 1. The first kappa shape index (κ1) is 15.0. The molecule has 1 heterocycles. The Hall–Kier alpha value is -1.40. The molecule has 1 aromatic heterocycles. The van der Waals surface area contributed by atoms with Gasteiger partial charge in [0, 0.05) is 26.8 Å². The van der Waals surface area contributed by atoms with E-state index in [2.05, 4.69) is 33.2 Å². The number of nitrogens with two attached hydrogens (primary N) is 1. The van der Waals surface area contributed by atoms with Crippen LogP contribution in [0.25, 0.3) is 0 Å². The van der Waals surface area contributed by atoms with Crippen molar-refractivity contribution < 1.29 is 4.79 Å². The molecule has 0 spiro atoms. The van der Waals surface area contributed by atoms with Gasteiger partial charge in [0.25, 0.3) is 5.91 Å². The molecule has 0 bridgehead atoms. The molecule has 1 amide bonds. The highest BCUT2D eigenvalue weighted by molar-refractivity contribution is 9.10. The molecule has 0 saturated heterocycles. The second-order valence-corrected chi connectivity index (χ2v) is 6.45. The lowest BCUT2D eigenvalue weighted by Crippen LogP contribution is -2.26. The van der Waals surface area contributed by atoms with E-state index in [0.717, 1.165) is 15.9 Å². The Labute approximate surface area is 130 Å². The number of nitrogens with one attached hydrogen (secondary N) is 1. The predicted molar refractivity (Wildman–Crippen MR) is 85.9 cm³/mol. The van der Waals surface area contributed by atoms with E-state index in [1.54, 1.807) is 29.5 Å². The number of carbonyl (C=O) groups excluding carboxylic acids is 1. The van der Waals surface area contributed by atoms with Crippen LogP contribution in [0.15, 0.2) is 28.9 Å². The number of amides is 1. The van der Waals surface area contributed by atoms with Gasteiger partial charge in [0.05, 0.1) is 6.04 Å². The topological polar surface area (TPSA) is 68.0 Å². The molecular formula is C14H16BrN3OS. The Kier molecular flexibility index (Phi) is 4.77.